The van der Waals surface area contributed by atoms with Crippen LogP contribution >= 0.6 is 0 Å². The predicted octanol–water partition coefficient (Wildman–Crippen LogP) is 4.86. The van der Waals surface area contributed by atoms with Crippen LogP contribution in [0.15, 0.2) is 72.8 Å². The Balaban J connectivity index is 1.40. The molecule has 1 saturated heterocycles. The second-order valence-electron chi connectivity index (χ2n) is 7.82. The molecule has 31 heavy (non-hydrogen) atoms. The number of ether oxygens (including phenoxy) is 3. The van der Waals surface area contributed by atoms with Gasteiger partial charge < -0.3 is 19.3 Å². The van der Waals surface area contributed by atoms with Crippen LogP contribution in [0, 0.1) is 0 Å². The highest BCUT2D eigenvalue weighted by Crippen LogP contribution is 2.37. The first-order chi connectivity index (χ1) is 15.1. The minimum atomic E-state index is -0.302. The zero-order valence-corrected chi connectivity index (χ0v) is 17.5. The average molecular weight is 418 g/mol. The summed E-state index contributed by atoms with van der Waals surface area (Å²) in [4.78, 5) is 12.0. The molecule has 1 fully saturated rings. The summed E-state index contributed by atoms with van der Waals surface area (Å²) >= 11 is 0. The molecule has 0 amide bonds. The van der Waals surface area contributed by atoms with Gasteiger partial charge in [-0.1, -0.05) is 42.5 Å². The summed E-state index contributed by atoms with van der Waals surface area (Å²) in [6.45, 7) is 3.69. The number of phenolic OH excluding ortho intramolecular Hbond substituents is 1. The lowest BCUT2D eigenvalue weighted by molar-refractivity contribution is -0.151. The fraction of sp³-hybridized carbons (Fsp3) is 0.269. The lowest BCUT2D eigenvalue weighted by Gasteiger charge is -2.41. The molecule has 5 heteroatoms. The predicted molar refractivity (Wildman–Crippen MR) is 118 cm³/mol. The van der Waals surface area contributed by atoms with Crippen LogP contribution in [-0.4, -0.2) is 30.9 Å². The number of hydrogen-bond donors (Lipinski definition) is 1. The molecule has 1 aliphatic rings. The Morgan fingerprint density at radius 2 is 1.74 bits per heavy atom. The maximum Gasteiger partial charge on any atom is 0.306 e. The largest absolute Gasteiger partial charge is 0.508 e. The van der Waals surface area contributed by atoms with Crippen LogP contribution in [0.1, 0.15) is 24.5 Å². The van der Waals surface area contributed by atoms with Gasteiger partial charge >= 0.3 is 5.97 Å². The van der Waals surface area contributed by atoms with Gasteiger partial charge in [0.25, 0.3) is 0 Å². The van der Waals surface area contributed by atoms with Crippen molar-refractivity contribution in [1.29, 1.82) is 0 Å². The number of carbonyl (C=O) groups excluding carboxylic acids is 1. The molecule has 3 aromatic carbocycles. The molecule has 0 aromatic heterocycles. The van der Waals surface area contributed by atoms with Gasteiger partial charge in [0.2, 0.25) is 0 Å². The van der Waals surface area contributed by atoms with Crippen LogP contribution in [0.5, 0.6) is 11.5 Å². The Morgan fingerprint density at radius 3 is 2.39 bits per heavy atom. The smallest absolute Gasteiger partial charge is 0.306 e. The Labute approximate surface area is 182 Å². The van der Waals surface area contributed by atoms with Gasteiger partial charge in [-0.15, -0.1) is 0 Å². The maximum absolute atomic E-state index is 12.0. The molecule has 160 valence electrons. The Hall–Kier alpha value is -3.31. The molecule has 4 rings (SSSR count). The van der Waals surface area contributed by atoms with Crippen LogP contribution in [-0.2, 0) is 26.3 Å². The molecule has 1 heterocycles. The summed E-state index contributed by atoms with van der Waals surface area (Å²) in [6, 6.07) is 23.2. The Kier molecular flexibility index (Phi) is 6.23. The summed E-state index contributed by atoms with van der Waals surface area (Å²) in [5.41, 5.74) is 3.93. The second kappa shape index (κ2) is 9.23. The highest BCUT2D eigenvalue weighted by molar-refractivity contribution is 5.72. The summed E-state index contributed by atoms with van der Waals surface area (Å²) in [7, 11) is 0. The van der Waals surface area contributed by atoms with E-state index in [0.717, 1.165) is 28.0 Å². The SMILES string of the molecule is CCOC(=O)CC1(c2ccc(OCc3cccc(-c4ccc(O)cc4)c3)cc2)COC1. The zero-order valence-electron chi connectivity index (χ0n) is 17.5. The van der Waals surface area contributed by atoms with E-state index in [9.17, 15) is 9.90 Å². The number of rotatable bonds is 8. The van der Waals surface area contributed by atoms with E-state index in [4.69, 9.17) is 14.2 Å². The molecular formula is C26H26O5. The summed E-state index contributed by atoms with van der Waals surface area (Å²) in [5, 5.41) is 9.47. The second-order valence-corrected chi connectivity index (χ2v) is 7.82. The third-order valence-corrected chi connectivity index (χ3v) is 5.54. The van der Waals surface area contributed by atoms with E-state index >= 15 is 0 Å². The van der Waals surface area contributed by atoms with Gasteiger partial charge in [0.1, 0.15) is 18.1 Å². The molecule has 1 aliphatic heterocycles. The Morgan fingerprint density at radius 1 is 1.00 bits per heavy atom. The molecule has 0 aliphatic carbocycles. The molecule has 0 saturated carbocycles. The lowest BCUT2D eigenvalue weighted by atomic mass is 9.76. The van der Waals surface area contributed by atoms with Gasteiger partial charge in [-0.25, -0.2) is 0 Å². The van der Waals surface area contributed by atoms with Crippen LogP contribution in [0.3, 0.4) is 0 Å². The first-order valence-electron chi connectivity index (χ1n) is 10.4. The van der Waals surface area contributed by atoms with Gasteiger partial charge in [-0.05, 0) is 59.5 Å². The third kappa shape index (κ3) is 4.89. The van der Waals surface area contributed by atoms with Crippen molar-refractivity contribution in [3.8, 4) is 22.6 Å². The number of carbonyl (C=O) groups is 1. The molecule has 0 atom stereocenters. The van der Waals surface area contributed by atoms with Crippen molar-refractivity contribution < 1.29 is 24.1 Å². The van der Waals surface area contributed by atoms with Crippen molar-refractivity contribution in [3.05, 3.63) is 83.9 Å². The fourth-order valence-corrected chi connectivity index (χ4v) is 3.77. The van der Waals surface area contributed by atoms with Crippen LogP contribution in [0.2, 0.25) is 0 Å². The van der Waals surface area contributed by atoms with Gasteiger partial charge in [0, 0.05) is 0 Å². The van der Waals surface area contributed by atoms with Crippen LogP contribution in [0.25, 0.3) is 11.1 Å². The standard InChI is InChI=1S/C26H26O5/c1-2-30-25(28)15-26(17-29-18-26)22-8-12-24(13-9-22)31-16-19-4-3-5-21(14-19)20-6-10-23(27)11-7-20/h3-14,27H,2,15-18H2,1H3. The van der Waals surface area contributed by atoms with Gasteiger partial charge in [-0.2, -0.15) is 0 Å². The molecule has 0 bridgehead atoms. The third-order valence-electron chi connectivity index (χ3n) is 5.54. The molecule has 1 N–H and O–H groups in total. The highest BCUT2D eigenvalue weighted by atomic mass is 16.5. The number of aromatic hydroxyl groups is 1. The number of hydrogen-bond acceptors (Lipinski definition) is 5. The summed E-state index contributed by atoms with van der Waals surface area (Å²) in [5.74, 6) is 0.828. The van der Waals surface area contributed by atoms with E-state index in [-0.39, 0.29) is 17.1 Å². The quantitative estimate of drug-likeness (QED) is 0.529. The number of esters is 1. The van der Waals surface area contributed by atoms with Crippen molar-refractivity contribution in [3.63, 3.8) is 0 Å². The first kappa shape index (κ1) is 20.9. The molecular weight excluding hydrogens is 392 g/mol. The first-order valence-corrected chi connectivity index (χ1v) is 10.4. The lowest BCUT2D eigenvalue weighted by Crippen LogP contribution is -2.48. The van der Waals surface area contributed by atoms with Crippen LogP contribution < -0.4 is 4.74 Å². The minimum Gasteiger partial charge on any atom is -0.508 e. The monoisotopic (exact) mass is 418 g/mol. The van der Waals surface area contributed by atoms with E-state index in [1.807, 2.05) is 61.5 Å². The van der Waals surface area contributed by atoms with E-state index < -0.39 is 0 Å². The zero-order chi connectivity index (χ0) is 21.7. The van der Waals surface area contributed by atoms with Crippen molar-refractivity contribution in [2.75, 3.05) is 19.8 Å². The topological polar surface area (TPSA) is 65.0 Å². The van der Waals surface area contributed by atoms with Gasteiger partial charge in [-0.3, -0.25) is 4.79 Å². The molecule has 3 aromatic rings. The summed E-state index contributed by atoms with van der Waals surface area (Å²) < 4.78 is 16.5. The molecule has 0 spiro atoms. The van der Waals surface area contributed by atoms with Crippen molar-refractivity contribution >= 4 is 5.97 Å². The molecule has 5 nitrogen and oxygen atoms in total. The van der Waals surface area contributed by atoms with E-state index in [1.165, 1.54) is 0 Å². The average Bonchev–Trinajstić information content (AvgIpc) is 2.76. The van der Waals surface area contributed by atoms with E-state index in [0.29, 0.717) is 32.8 Å². The van der Waals surface area contributed by atoms with Gasteiger partial charge in [0.15, 0.2) is 0 Å². The van der Waals surface area contributed by atoms with Crippen molar-refractivity contribution in [1.82, 2.24) is 0 Å². The minimum absolute atomic E-state index is 0.195. The van der Waals surface area contributed by atoms with E-state index in [1.54, 1.807) is 12.1 Å². The Bertz CT molecular complexity index is 1020. The molecule has 0 radical (unpaired) electrons. The van der Waals surface area contributed by atoms with Crippen molar-refractivity contribution in [2.45, 2.75) is 25.4 Å². The molecule has 0 unspecified atom stereocenters. The number of benzene rings is 3. The highest BCUT2D eigenvalue weighted by Gasteiger charge is 2.42. The van der Waals surface area contributed by atoms with Crippen LogP contribution in [0.4, 0.5) is 0 Å². The number of phenols is 1. The maximum atomic E-state index is 12.0. The summed E-state index contributed by atoms with van der Waals surface area (Å²) in [6.07, 6.45) is 0.325. The van der Waals surface area contributed by atoms with E-state index in [2.05, 4.69) is 6.07 Å². The fourth-order valence-electron chi connectivity index (χ4n) is 3.77. The normalized spacial score (nSPS) is 14.5. The van der Waals surface area contributed by atoms with Crippen molar-refractivity contribution in [2.24, 2.45) is 0 Å². The van der Waals surface area contributed by atoms with Gasteiger partial charge in [0.05, 0.1) is 31.7 Å².